The van der Waals surface area contributed by atoms with E-state index >= 15 is 0 Å². The van der Waals surface area contributed by atoms with Crippen molar-refractivity contribution in [3.63, 3.8) is 0 Å². The zero-order chi connectivity index (χ0) is 16.0. The first-order chi connectivity index (χ1) is 8.00. The van der Waals surface area contributed by atoms with Crippen molar-refractivity contribution in [2.45, 2.75) is 69.2 Å². The van der Waals surface area contributed by atoms with Crippen molar-refractivity contribution in [1.29, 1.82) is 0 Å². The number of hydrogen-bond donors (Lipinski definition) is 0. The Bertz CT molecular complexity index is 23.8. The fourth-order valence-corrected chi connectivity index (χ4v) is 0. The monoisotopic (exact) mass is 230 g/mol. The second-order valence-corrected chi connectivity index (χ2v) is 0. The Balaban J connectivity index is -0.00000000762. The van der Waals surface area contributed by atoms with Crippen LogP contribution in [0.2, 0.25) is 0 Å². The standard InChI is InChI=1S/5C2H6.C2H4.2C2H2/c8*1-2/h5*1-2H3;1-2H2;2*1-2H. The number of terminal acetylenes is 2. The van der Waals surface area contributed by atoms with E-state index in [2.05, 4.69) is 38.9 Å². The van der Waals surface area contributed by atoms with Crippen LogP contribution in [0.3, 0.4) is 0 Å². The molecule has 16 heavy (non-hydrogen) atoms. The topological polar surface area (TPSA) is 0 Å². The normalized spacial score (nSPS) is 2.38. The summed E-state index contributed by atoms with van der Waals surface area (Å²) in [6, 6.07) is 0. The van der Waals surface area contributed by atoms with Gasteiger partial charge < -0.3 is 0 Å². The van der Waals surface area contributed by atoms with Crippen molar-refractivity contribution >= 4 is 0 Å². The SMILES string of the molecule is C#C.C#C.C=C.CC.CC.CC.CC.CC. The predicted octanol–water partition coefficient (Wildman–Crippen LogP) is 6.43. The van der Waals surface area contributed by atoms with Gasteiger partial charge >= 0.3 is 0 Å². The third-order valence-electron chi connectivity index (χ3n) is 0. The van der Waals surface area contributed by atoms with Crippen molar-refractivity contribution < 1.29 is 0 Å². The largest absolute Gasteiger partial charge is 0.124 e. The van der Waals surface area contributed by atoms with E-state index in [0.717, 1.165) is 0 Å². The second kappa shape index (κ2) is 1760. The molecule has 0 radical (unpaired) electrons. The molecule has 0 heteroatoms. The van der Waals surface area contributed by atoms with Crippen molar-refractivity contribution in [3.05, 3.63) is 13.2 Å². The van der Waals surface area contributed by atoms with Crippen molar-refractivity contribution in [1.82, 2.24) is 0 Å². The van der Waals surface area contributed by atoms with Crippen LogP contribution in [0.15, 0.2) is 13.2 Å². The smallest absolute Gasteiger partial charge is 0.0683 e. The molecule has 0 aromatic heterocycles. The molecule has 0 amide bonds. The van der Waals surface area contributed by atoms with Crippen LogP contribution in [0, 0.1) is 25.7 Å². The summed E-state index contributed by atoms with van der Waals surface area (Å²) in [5.41, 5.74) is 0. The van der Waals surface area contributed by atoms with Crippen LogP contribution in [0.25, 0.3) is 0 Å². The lowest BCUT2D eigenvalue weighted by Crippen LogP contribution is -0.856. The maximum Gasteiger partial charge on any atom is -0.0683 e. The van der Waals surface area contributed by atoms with Crippen LogP contribution in [0.4, 0.5) is 0 Å². The molecule has 0 aliphatic carbocycles. The average Bonchev–Trinajstić information content (AvgIpc) is 2.54. The van der Waals surface area contributed by atoms with E-state index in [-0.39, 0.29) is 0 Å². The Hall–Kier alpha value is -1.14. The van der Waals surface area contributed by atoms with Crippen LogP contribution >= 0.6 is 0 Å². The summed E-state index contributed by atoms with van der Waals surface area (Å²) >= 11 is 0. The van der Waals surface area contributed by atoms with Crippen molar-refractivity contribution in [2.24, 2.45) is 0 Å². The van der Waals surface area contributed by atoms with Gasteiger partial charge in [-0.1, -0.05) is 69.2 Å². The van der Waals surface area contributed by atoms with Gasteiger partial charge in [0.15, 0.2) is 0 Å². The van der Waals surface area contributed by atoms with Gasteiger partial charge in [0.05, 0.1) is 0 Å². The van der Waals surface area contributed by atoms with E-state index in [4.69, 9.17) is 0 Å². The Labute approximate surface area is 109 Å². The first-order valence-corrected chi connectivity index (χ1v) is 6.17. The first kappa shape index (κ1) is 60.7. The average molecular weight is 230 g/mol. The van der Waals surface area contributed by atoms with Crippen LogP contribution < -0.4 is 0 Å². The summed E-state index contributed by atoms with van der Waals surface area (Å²) < 4.78 is 0. The summed E-state index contributed by atoms with van der Waals surface area (Å²) in [5.74, 6) is 0. The van der Waals surface area contributed by atoms with Crippen LogP contribution in [-0.4, -0.2) is 0 Å². The molecule has 102 valence electrons. The van der Waals surface area contributed by atoms with Gasteiger partial charge in [-0.2, -0.15) is 0 Å². The molecular formula is C16H38. The summed E-state index contributed by atoms with van der Waals surface area (Å²) in [5, 5.41) is 0. The predicted molar refractivity (Wildman–Crippen MR) is 87.8 cm³/mol. The summed E-state index contributed by atoms with van der Waals surface area (Å²) in [4.78, 5) is 0. The zero-order valence-electron chi connectivity index (χ0n) is 13.7. The highest BCUT2D eigenvalue weighted by molar-refractivity contribution is 4.47. The van der Waals surface area contributed by atoms with Gasteiger partial charge in [0.25, 0.3) is 0 Å². The Morgan fingerprint density at radius 3 is 0.375 bits per heavy atom. The number of hydrogen-bond acceptors (Lipinski definition) is 0. The third kappa shape index (κ3) is 1390. The van der Waals surface area contributed by atoms with E-state index in [1.54, 1.807) is 0 Å². The third-order valence-corrected chi connectivity index (χ3v) is 0. The Morgan fingerprint density at radius 1 is 0.375 bits per heavy atom. The van der Waals surface area contributed by atoms with E-state index < -0.39 is 0 Å². The van der Waals surface area contributed by atoms with Crippen LogP contribution in [0.5, 0.6) is 0 Å². The highest BCUT2D eigenvalue weighted by Crippen LogP contribution is 1.15. The highest BCUT2D eigenvalue weighted by Gasteiger charge is 0.940. The lowest BCUT2D eigenvalue weighted by molar-refractivity contribution is 1.50. The molecule has 0 saturated carbocycles. The lowest BCUT2D eigenvalue weighted by Gasteiger charge is -1.07. The molecule has 0 aromatic carbocycles. The minimum Gasteiger partial charge on any atom is -0.124 e. The van der Waals surface area contributed by atoms with Gasteiger partial charge in [-0.05, 0) is 0 Å². The van der Waals surface area contributed by atoms with Gasteiger partial charge in [0, 0.05) is 0 Å². The quantitative estimate of drug-likeness (QED) is 0.332. The molecule has 0 nitrogen and oxygen atoms in total. The molecule has 0 rings (SSSR count). The molecule has 0 saturated heterocycles. The molecule has 0 fully saturated rings. The van der Waals surface area contributed by atoms with E-state index in [0.29, 0.717) is 0 Å². The van der Waals surface area contributed by atoms with Gasteiger partial charge in [-0.3, -0.25) is 0 Å². The van der Waals surface area contributed by atoms with Crippen LogP contribution in [0.1, 0.15) is 69.2 Å². The maximum absolute atomic E-state index is 4.00. The Kier molecular flexibility index (Phi) is 6690. The van der Waals surface area contributed by atoms with E-state index in [1.807, 2.05) is 69.2 Å². The second-order valence-electron chi connectivity index (χ2n) is 0. The molecule has 0 N–H and O–H groups in total. The molecule has 0 aliphatic rings. The van der Waals surface area contributed by atoms with Gasteiger partial charge in [-0.25, -0.2) is 0 Å². The maximum atomic E-state index is 4.00. The van der Waals surface area contributed by atoms with Crippen LogP contribution in [-0.2, 0) is 0 Å². The van der Waals surface area contributed by atoms with E-state index in [1.165, 1.54) is 0 Å². The van der Waals surface area contributed by atoms with Gasteiger partial charge in [0.2, 0.25) is 0 Å². The zero-order valence-corrected chi connectivity index (χ0v) is 13.7. The Morgan fingerprint density at radius 2 is 0.375 bits per heavy atom. The summed E-state index contributed by atoms with van der Waals surface area (Å²) in [6.07, 6.45) is 16.0. The molecule has 0 atom stereocenters. The first-order valence-electron chi connectivity index (χ1n) is 6.17. The molecule has 0 heterocycles. The van der Waals surface area contributed by atoms with E-state index in [9.17, 15) is 0 Å². The minimum atomic E-state index is 2.00. The molecule has 0 aliphatic heterocycles. The molecular weight excluding hydrogens is 192 g/mol. The van der Waals surface area contributed by atoms with Gasteiger partial charge in [0.1, 0.15) is 0 Å². The summed E-state index contributed by atoms with van der Waals surface area (Å²) in [6.45, 7) is 26.0. The fraction of sp³-hybridized carbons (Fsp3) is 0.625. The lowest BCUT2D eigenvalue weighted by atomic mass is 11.0. The highest BCUT2D eigenvalue weighted by atomic mass is 13.0. The molecule has 0 aromatic rings. The van der Waals surface area contributed by atoms with Gasteiger partial charge in [-0.15, -0.1) is 38.9 Å². The molecule has 0 spiro atoms. The molecule has 0 unspecified atom stereocenters. The van der Waals surface area contributed by atoms with Crippen molar-refractivity contribution in [2.75, 3.05) is 0 Å². The van der Waals surface area contributed by atoms with Crippen molar-refractivity contribution in [3.8, 4) is 25.7 Å². The minimum absolute atomic E-state index is 2.00. The molecule has 0 bridgehead atoms. The number of rotatable bonds is 0. The fourth-order valence-electron chi connectivity index (χ4n) is 0. The summed E-state index contributed by atoms with van der Waals surface area (Å²) in [7, 11) is 0.